The summed E-state index contributed by atoms with van der Waals surface area (Å²) in [6.07, 6.45) is 2.02. The number of carbonyl (C=O) groups excluding carboxylic acids is 1. The molecule has 8 heteroatoms. The first-order valence-electron chi connectivity index (χ1n) is 9.09. The number of pyridine rings is 1. The fraction of sp³-hybridized carbons (Fsp3) is 0.182. The van der Waals surface area contributed by atoms with E-state index in [1.165, 1.54) is 4.90 Å². The fourth-order valence-electron chi connectivity index (χ4n) is 2.95. The highest BCUT2D eigenvalue weighted by Crippen LogP contribution is 2.24. The minimum Gasteiger partial charge on any atom is -0.396 e. The molecule has 1 heterocycles. The molecule has 4 nitrogen and oxygen atoms in total. The van der Waals surface area contributed by atoms with Crippen LogP contribution >= 0.6 is 23.2 Å². The molecule has 0 fully saturated rings. The van der Waals surface area contributed by atoms with Crippen molar-refractivity contribution in [2.24, 2.45) is 0 Å². The summed E-state index contributed by atoms with van der Waals surface area (Å²) in [6.45, 7) is 0.227. The van der Waals surface area contributed by atoms with Gasteiger partial charge >= 0.3 is 0 Å². The second kappa shape index (κ2) is 9.98. The zero-order chi connectivity index (χ0) is 21.7. The Bertz CT molecular complexity index is 1030. The Kier molecular flexibility index (Phi) is 7.37. The predicted octanol–water partition coefficient (Wildman–Crippen LogP) is 5.04. The van der Waals surface area contributed by atoms with E-state index in [0.717, 1.165) is 12.1 Å². The van der Waals surface area contributed by atoms with Crippen molar-refractivity contribution in [3.8, 4) is 0 Å². The maximum Gasteiger partial charge on any atom is 0.254 e. The van der Waals surface area contributed by atoms with Crippen molar-refractivity contribution in [2.75, 3.05) is 6.61 Å². The average molecular weight is 451 g/mol. The number of aliphatic hydroxyl groups is 1. The number of hydrogen-bond donors (Lipinski definition) is 1. The molecule has 0 spiro atoms. The number of amides is 1. The van der Waals surface area contributed by atoms with Gasteiger partial charge in [-0.2, -0.15) is 0 Å². The highest BCUT2D eigenvalue weighted by molar-refractivity contribution is 6.35. The van der Waals surface area contributed by atoms with Gasteiger partial charge in [0.05, 0.1) is 0 Å². The van der Waals surface area contributed by atoms with Crippen LogP contribution in [-0.4, -0.2) is 27.5 Å². The number of carbonyl (C=O) groups is 1. The van der Waals surface area contributed by atoms with E-state index in [2.05, 4.69) is 4.98 Å². The fourth-order valence-corrected chi connectivity index (χ4v) is 3.41. The van der Waals surface area contributed by atoms with Crippen LogP contribution in [0.3, 0.4) is 0 Å². The van der Waals surface area contributed by atoms with Crippen LogP contribution in [0.25, 0.3) is 0 Å². The molecule has 0 aliphatic heterocycles. The van der Waals surface area contributed by atoms with E-state index in [4.69, 9.17) is 28.3 Å². The molecule has 0 saturated carbocycles. The Balaban J connectivity index is 1.91. The molecule has 1 N–H and O–H groups in total. The van der Waals surface area contributed by atoms with Crippen LogP contribution in [0, 0.1) is 11.6 Å². The van der Waals surface area contributed by atoms with Crippen molar-refractivity contribution in [1.82, 2.24) is 9.88 Å². The van der Waals surface area contributed by atoms with Crippen LogP contribution < -0.4 is 0 Å². The van der Waals surface area contributed by atoms with E-state index in [0.29, 0.717) is 39.4 Å². The van der Waals surface area contributed by atoms with Gasteiger partial charge in [-0.25, -0.2) is 8.78 Å². The lowest BCUT2D eigenvalue weighted by atomic mass is 10.1. The van der Waals surface area contributed by atoms with E-state index in [9.17, 15) is 13.6 Å². The summed E-state index contributed by atoms with van der Waals surface area (Å²) < 4.78 is 27.3. The second-order valence-electron chi connectivity index (χ2n) is 6.69. The zero-order valence-electron chi connectivity index (χ0n) is 15.8. The van der Waals surface area contributed by atoms with Crippen LogP contribution in [0.2, 0.25) is 10.0 Å². The molecule has 0 radical (unpaired) electrons. The second-order valence-corrected chi connectivity index (χ2v) is 7.53. The van der Waals surface area contributed by atoms with Gasteiger partial charge in [0.15, 0.2) is 0 Å². The molecule has 0 aliphatic rings. The van der Waals surface area contributed by atoms with Crippen molar-refractivity contribution in [1.29, 1.82) is 0 Å². The normalized spacial score (nSPS) is 10.8. The Labute approximate surface area is 182 Å². The van der Waals surface area contributed by atoms with Crippen LogP contribution in [0.5, 0.6) is 0 Å². The maximum absolute atomic E-state index is 13.7. The van der Waals surface area contributed by atoms with Gasteiger partial charge in [-0.3, -0.25) is 9.78 Å². The third-order valence-electron chi connectivity index (χ3n) is 4.40. The lowest BCUT2D eigenvalue weighted by Crippen LogP contribution is -2.30. The van der Waals surface area contributed by atoms with E-state index in [-0.39, 0.29) is 25.3 Å². The predicted molar refractivity (Wildman–Crippen MR) is 111 cm³/mol. The lowest BCUT2D eigenvalue weighted by molar-refractivity contribution is 0.0729. The third kappa shape index (κ3) is 5.75. The number of hydrogen-bond acceptors (Lipinski definition) is 3. The van der Waals surface area contributed by atoms with Crippen molar-refractivity contribution < 1.29 is 18.7 Å². The SMILES string of the molecule is O=C(c1cc(F)cc(F)c1)N(Cc1ccc(CCO)nc1)Cc1ccc(Cl)cc1Cl. The summed E-state index contributed by atoms with van der Waals surface area (Å²) in [6, 6.07) is 11.1. The van der Waals surface area contributed by atoms with E-state index in [1.807, 2.05) is 0 Å². The Morgan fingerprint density at radius 2 is 1.73 bits per heavy atom. The molecule has 1 amide bonds. The molecule has 0 aliphatic carbocycles. The van der Waals surface area contributed by atoms with Gasteiger partial charge in [-0.15, -0.1) is 0 Å². The topological polar surface area (TPSA) is 53.4 Å². The van der Waals surface area contributed by atoms with E-state index >= 15 is 0 Å². The molecule has 0 unspecified atom stereocenters. The molecule has 0 atom stereocenters. The molecule has 3 aromatic rings. The molecule has 0 saturated heterocycles. The van der Waals surface area contributed by atoms with Gasteiger partial charge in [0.25, 0.3) is 5.91 Å². The zero-order valence-corrected chi connectivity index (χ0v) is 17.3. The first-order chi connectivity index (χ1) is 14.4. The van der Waals surface area contributed by atoms with Crippen LogP contribution in [-0.2, 0) is 19.5 Å². The Hall–Kier alpha value is -2.54. The third-order valence-corrected chi connectivity index (χ3v) is 4.99. The molecule has 1 aromatic heterocycles. The first kappa shape index (κ1) is 22.2. The van der Waals surface area contributed by atoms with E-state index in [1.54, 1.807) is 36.5 Å². The van der Waals surface area contributed by atoms with E-state index < -0.39 is 17.5 Å². The molecular formula is C22H18Cl2F2N2O2. The highest BCUT2D eigenvalue weighted by Gasteiger charge is 2.20. The summed E-state index contributed by atoms with van der Waals surface area (Å²) in [5.41, 5.74) is 1.96. The minimum atomic E-state index is -0.835. The largest absolute Gasteiger partial charge is 0.396 e. The van der Waals surface area contributed by atoms with Crippen molar-refractivity contribution in [3.05, 3.63) is 98.8 Å². The highest BCUT2D eigenvalue weighted by atomic mass is 35.5. The van der Waals surface area contributed by atoms with Gasteiger partial charge in [0.1, 0.15) is 11.6 Å². The maximum atomic E-state index is 13.7. The monoisotopic (exact) mass is 450 g/mol. The van der Waals surface area contributed by atoms with Crippen LogP contribution in [0.4, 0.5) is 8.78 Å². The number of halogens is 4. The quantitative estimate of drug-likeness (QED) is 0.548. The molecular weight excluding hydrogens is 433 g/mol. The standard InChI is InChI=1S/C22H18Cl2F2N2O2/c23-17-3-2-15(21(24)9-17)13-28(12-14-1-4-20(5-6-29)27-11-14)22(30)16-7-18(25)10-19(26)8-16/h1-4,7-11,29H,5-6,12-13H2. The molecule has 156 valence electrons. The van der Waals surface area contributed by atoms with Crippen molar-refractivity contribution >= 4 is 29.1 Å². The molecule has 0 bridgehead atoms. The molecule has 2 aromatic carbocycles. The summed E-state index contributed by atoms with van der Waals surface area (Å²) in [7, 11) is 0. The number of aliphatic hydroxyl groups excluding tert-OH is 1. The van der Waals surface area contributed by atoms with Gasteiger partial charge in [0, 0.05) is 59.7 Å². The van der Waals surface area contributed by atoms with Crippen LogP contribution in [0.15, 0.2) is 54.7 Å². The van der Waals surface area contributed by atoms with Gasteiger partial charge in [-0.1, -0.05) is 35.3 Å². The van der Waals surface area contributed by atoms with Crippen molar-refractivity contribution in [3.63, 3.8) is 0 Å². The summed E-state index contributed by atoms with van der Waals surface area (Å²) in [4.78, 5) is 18.8. The summed E-state index contributed by atoms with van der Waals surface area (Å²) in [5.74, 6) is -2.23. The molecule has 30 heavy (non-hydrogen) atoms. The van der Waals surface area contributed by atoms with Gasteiger partial charge in [-0.05, 0) is 41.5 Å². The number of aromatic nitrogens is 1. The van der Waals surface area contributed by atoms with Crippen LogP contribution in [0.1, 0.15) is 27.2 Å². The summed E-state index contributed by atoms with van der Waals surface area (Å²) in [5, 5.41) is 9.84. The smallest absolute Gasteiger partial charge is 0.254 e. The minimum absolute atomic E-state index is 0.0167. The Morgan fingerprint density at radius 3 is 2.33 bits per heavy atom. The average Bonchev–Trinajstić information content (AvgIpc) is 2.69. The van der Waals surface area contributed by atoms with Gasteiger partial charge in [0.2, 0.25) is 0 Å². The summed E-state index contributed by atoms with van der Waals surface area (Å²) >= 11 is 12.2. The Morgan fingerprint density at radius 1 is 1.00 bits per heavy atom. The first-order valence-corrected chi connectivity index (χ1v) is 9.85. The number of benzene rings is 2. The lowest BCUT2D eigenvalue weighted by Gasteiger charge is -2.24. The van der Waals surface area contributed by atoms with Gasteiger partial charge < -0.3 is 10.0 Å². The van der Waals surface area contributed by atoms with Crippen molar-refractivity contribution in [2.45, 2.75) is 19.5 Å². The number of nitrogens with zero attached hydrogens (tertiary/aromatic N) is 2. The molecule has 3 rings (SSSR count). The number of rotatable bonds is 7.